The van der Waals surface area contributed by atoms with Crippen molar-refractivity contribution in [3.8, 4) is 17.1 Å². The van der Waals surface area contributed by atoms with Gasteiger partial charge in [0.2, 0.25) is 0 Å². The smallest absolute Gasteiger partial charge is 0.338 e. The summed E-state index contributed by atoms with van der Waals surface area (Å²) in [5.41, 5.74) is 0.759. The molecule has 19 heavy (non-hydrogen) atoms. The maximum Gasteiger partial charge on any atom is 0.338 e. The summed E-state index contributed by atoms with van der Waals surface area (Å²) in [6.45, 7) is 3.97. The first-order chi connectivity index (χ1) is 9.22. The zero-order valence-corrected chi connectivity index (χ0v) is 10.1. The first kappa shape index (κ1) is 12.8. The van der Waals surface area contributed by atoms with Crippen LogP contribution in [0.3, 0.4) is 0 Å². The van der Waals surface area contributed by atoms with E-state index in [4.69, 9.17) is 9.84 Å². The van der Waals surface area contributed by atoms with E-state index in [1.165, 1.54) is 12.4 Å². The predicted octanol–water partition coefficient (Wildman–Crippen LogP) is 2.41. The van der Waals surface area contributed by atoms with Gasteiger partial charge in [0.15, 0.2) is 5.82 Å². The van der Waals surface area contributed by atoms with E-state index < -0.39 is 5.97 Å². The summed E-state index contributed by atoms with van der Waals surface area (Å²) in [6.07, 6.45) is 4.19. The van der Waals surface area contributed by atoms with Gasteiger partial charge in [-0.25, -0.2) is 14.8 Å². The maximum absolute atomic E-state index is 10.7. The van der Waals surface area contributed by atoms with Crippen LogP contribution in [-0.4, -0.2) is 27.7 Å². The molecule has 1 N–H and O–H groups in total. The van der Waals surface area contributed by atoms with E-state index in [0.717, 1.165) is 0 Å². The second-order valence-corrected chi connectivity index (χ2v) is 3.70. The van der Waals surface area contributed by atoms with Gasteiger partial charge in [0.05, 0.1) is 11.1 Å². The van der Waals surface area contributed by atoms with Crippen LogP contribution < -0.4 is 4.74 Å². The van der Waals surface area contributed by atoms with Crippen LogP contribution in [0.2, 0.25) is 0 Å². The molecule has 0 bridgehead atoms. The van der Waals surface area contributed by atoms with Gasteiger partial charge in [0.25, 0.3) is 0 Å². The van der Waals surface area contributed by atoms with Crippen LogP contribution >= 0.6 is 0 Å². The number of carbonyl (C=O) groups is 1. The highest BCUT2D eigenvalue weighted by Gasteiger charge is 2.10. The Bertz CT molecular complexity index is 594. The number of aromatic carboxylic acids is 1. The minimum atomic E-state index is -1.05. The third kappa shape index (κ3) is 2.95. The molecule has 2 aromatic rings. The van der Waals surface area contributed by atoms with E-state index >= 15 is 0 Å². The number of hydrogen-bond acceptors (Lipinski definition) is 4. The van der Waals surface area contributed by atoms with Gasteiger partial charge in [0, 0.05) is 12.4 Å². The highest BCUT2D eigenvalue weighted by atomic mass is 16.5. The standard InChI is InChI=1S/C14H12N2O3/c1-2-7-19-12-6-4-3-5-11(12)13-15-8-10(9-16-13)14(17)18/h2-6,8-9H,1,7H2,(H,17,18). The van der Waals surface area contributed by atoms with Crippen molar-refractivity contribution >= 4 is 5.97 Å². The Labute approximate surface area is 110 Å². The van der Waals surface area contributed by atoms with Crippen LogP contribution in [0.15, 0.2) is 49.3 Å². The fourth-order valence-corrected chi connectivity index (χ4v) is 1.50. The van der Waals surface area contributed by atoms with Crippen LogP contribution in [0.1, 0.15) is 10.4 Å². The molecule has 2 rings (SSSR count). The van der Waals surface area contributed by atoms with Gasteiger partial charge >= 0.3 is 5.97 Å². The van der Waals surface area contributed by atoms with Crippen molar-refractivity contribution in [3.63, 3.8) is 0 Å². The Morgan fingerprint density at radius 1 is 1.32 bits per heavy atom. The predicted molar refractivity (Wildman–Crippen MR) is 70.1 cm³/mol. The normalized spacial score (nSPS) is 9.89. The summed E-state index contributed by atoms with van der Waals surface area (Å²) < 4.78 is 5.50. The molecule has 96 valence electrons. The summed E-state index contributed by atoms with van der Waals surface area (Å²) >= 11 is 0. The molecule has 0 unspecified atom stereocenters. The fourth-order valence-electron chi connectivity index (χ4n) is 1.50. The van der Waals surface area contributed by atoms with E-state index in [1.807, 2.05) is 18.2 Å². The molecule has 0 aliphatic carbocycles. The van der Waals surface area contributed by atoms with Crippen molar-refractivity contribution in [1.29, 1.82) is 0 Å². The molecular formula is C14H12N2O3. The fraction of sp³-hybridized carbons (Fsp3) is 0.0714. The molecule has 1 aromatic heterocycles. The Morgan fingerprint density at radius 2 is 2.00 bits per heavy atom. The maximum atomic E-state index is 10.7. The van der Waals surface area contributed by atoms with Crippen molar-refractivity contribution in [3.05, 3.63) is 54.9 Å². The van der Waals surface area contributed by atoms with Crippen molar-refractivity contribution in [2.75, 3.05) is 6.61 Å². The lowest BCUT2D eigenvalue weighted by Crippen LogP contribution is -2.01. The molecule has 1 aromatic carbocycles. The Hall–Kier alpha value is -2.69. The monoisotopic (exact) mass is 256 g/mol. The van der Waals surface area contributed by atoms with E-state index in [0.29, 0.717) is 23.7 Å². The summed E-state index contributed by atoms with van der Waals surface area (Å²) in [6, 6.07) is 7.29. The SMILES string of the molecule is C=CCOc1ccccc1-c1ncc(C(=O)O)cn1. The number of hydrogen-bond donors (Lipinski definition) is 1. The molecule has 0 radical (unpaired) electrons. The van der Waals surface area contributed by atoms with E-state index in [2.05, 4.69) is 16.5 Å². The largest absolute Gasteiger partial charge is 0.489 e. The van der Waals surface area contributed by atoms with Crippen molar-refractivity contribution < 1.29 is 14.6 Å². The van der Waals surface area contributed by atoms with Gasteiger partial charge in [-0.1, -0.05) is 24.8 Å². The minimum absolute atomic E-state index is 0.0493. The number of benzene rings is 1. The topological polar surface area (TPSA) is 72.3 Å². The van der Waals surface area contributed by atoms with E-state index in [9.17, 15) is 4.79 Å². The van der Waals surface area contributed by atoms with Gasteiger partial charge in [-0.2, -0.15) is 0 Å². The molecule has 0 aliphatic rings. The molecule has 0 spiro atoms. The van der Waals surface area contributed by atoms with Gasteiger partial charge < -0.3 is 9.84 Å². The summed E-state index contributed by atoms with van der Waals surface area (Å²) in [5.74, 6) is -0.00196. The third-order valence-corrected chi connectivity index (χ3v) is 2.38. The number of aromatic nitrogens is 2. The first-order valence-corrected chi connectivity index (χ1v) is 5.61. The van der Waals surface area contributed by atoms with Crippen LogP contribution in [0.5, 0.6) is 5.75 Å². The number of carboxylic acids is 1. The number of rotatable bonds is 5. The first-order valence-electron chi connectivity index (χ1n) is 5.61. The molecular weight excluding hydrogens is 244 g/mol. The second-order valence-electron chi connectivity index (χ2n) is 3.70. The minimum Gasteiger partial charge on any atom is -0.489 e. The lowest BCUT2D eigenvalue weighted by molar-refractivity contribution is 0.0696. The summed E-state index contributed by atoms with van der Waals surface area (Å²) in [4.78, 5) is 18.8. The van der Waals surface area contributed by atoms with Crippen LogP contribution in [-0.2, 0) is 0 Å². The van der Waals surface area contributed by atoms with Gasteiger partial charge in [0.1, 0.15) is 12.4 Å². The average molecular weight is 256 g/mol. The molecule has 5 heteroatoms. The van der Waals surface area contributed by atoms with Gasteiger partial charge in [-0.3, -0.25) is 0 Å². The van der Waals surface area contributed by atoms with Crippen LogP contribution in [0.4, 0.5) is 0 Å². The van der Waals surface area contributed by atoms with Crippen molar-refractivity contribution in [2.45, 2.75) is 0 Å². The molecule has 5 nitrogen and oxygen atoms in total. The number of para-hydroxylation sites is 1. The summed E-state index contributed by atoms with van der Waals surface area (Å²) in [7, 11) is 0. The number of ether oxygens (including phenoxy) is 1. The summed E-state index contributed by atoms with van der Waals surface area (Å²) in [5, 5.41) is 8.80. The van der Waals surface area contributed by atoms with Crippen LogP contribution in [0, 0.1) is 0 Å². The van der Waals surface area contributed by atoms with Crippen molar-refractivity contribution in [1.82, 2.24) is 9.97 Å². The highest BCUT2D eigenvalue weighted by molar-refractivity contribution is 5.87. The quantitative estimate of drug-likeness (QED) is 0.831. The molecule has 0 amide bonds. The number of carboxylic acid groups (broad SMARTS) is 1. The lowest BCUT2D eigenvalue weighted by Gasteiger charge is -2.08. The lowest BCUT2D eigenvalue weighted by atomic mass is 10.2. The van der Waals surface area contributed by atoms with Crippen molar-refractivity contribution in [2.24, 2.45) is 0 Å². The van der Waals surface area contributed by atoms with Gasteiger partial charge in [-0.15, -0.1) is 0 Å². The molecule has 1 heterocycles. The molecule has 0 fully saturated rings. The van der Waals surface area contributed by atoms with Gasteiger partial charge in [-0.05, 0) is 12.1 Å². The molecule has 0 saturated heterocycles. The highest BCUT2D eigenvalue weighted by Crippen LogP contribution is 2.26. The molecule has 0 saturated carbocycles. The second kappa shape index (κ2) is 5.77. The molecule has 0 atom stereocenters. The Balaban J connectivity index is 2.35. The Kier molecular flexibility index (Phi) is 3.87. The van der Waals surface area contributed by atoms with E-state index in [1.54, 1.807) is 12.1 Å². The number of nitrogens with zero attached hydrogens (tertiary/aromatic N) is 2. The zero-order valence-electron chi connectivity index (χ0n) is 10.1. The Morgan fingerprint density at radius 3 is 2.63 bits per heavy atom. The van der Waals surface area contributed by atoms with E-state index in [-0.39, 0.29) is 5.56 Å². The zero-order chi connectivity index (χ0) is 13.7. The van der Waals surface area contributed by atoms with Crippen LogP contribution in [0.25, 0.3) is 11.4 Å². The average Bonchev–Trinajstić information content (AvgIpc) is 2.45. The molecule has 0 aliphatic heterocycles. The third-order valence-electron chi connectivity index (χ3n) is 2.38.